The molecule has 1 aliphatic carbocycles. The Labute approximate surface area is 122 Å². The summed E-state index contributed by atoms with van der Waals surface area (Å²) in [6.45, 7) is 3.40. The number of anilines is 1. The summed E-state index contributed by atoms with van der Waals surface area (Å²) < 4.78 is 0. The number of benzene rings is 1. The highest BCUT2D eigenvalue weighted by molar-refractivity contribution is 7.98. The Bertz CT molecular complexity index is 341. The van der Waals surface area contributed by atoms with Crippen LogP contribution in [0.3, 0.4) is 0 Å². The number of hydrogen-bond donors (Lipinski definition) is 1. The first-order valence-corrected chi connectivity index (χ1v) is 8.94. The zero-order chi connectivity index (χ0) is 13.3. The topological polar surface area (TPSA) is 12.0 Å². The molecule has 0 bridgehead atoms. The van der Waals surface area contributed by atoms with E-state index in [4.69, 9.17) is 0 Å². The van der Waals surface area contributed by atoms with Crippen LogP contribution in [0.4, 0.5) is 5.69 Å². The number of hydrogen-bond acceptors (Lipinski definition) is 2. The van der Waals surface area contributed by atoms with Crippen LogP contribution in [0.1, 0.15) is 51.0 Å². The second kappa shape index (κ2) is 8.52. The van der Waals surface area contributed by atoms with E-state index in [1.165, 1.54) is 55.5 Å². The molecule has 106 valence electrons. The van der Waals surface area contributed by atoms with Crippen LogP contribution < -0.4 is 5.32 Å². The first-order valence-electron chi connectivity index (χ1n) is 7.79. The molecule has 1 aromatic rings. The predicted octanol–water partition coefficient (Wildman–Crippen LogP) is 5.32. The van der Waals surface area contributed by atoms with Gasteiger partial charge in [0.15, 0.2) is 0 Å². The zero-order valence-electron chi connectivity index (χ0n) is 12.2. The molecular formula is C17H27NS. The van der Waals surface area contributed by atoms with Crippen LogP contribution in [-0.4, -0.2) is 12.3 Å². The molecule has 0 aliphatic heterocycles. The minimum atomic E-state index is 0.897. The molecule has 0 aromatic heterocycles. The van der Waals surface area contributed by atoms with Crippen molar-refractivity contribution in [3.8, 4) is 0 Å². The highest BCUT2D eigenvalue weighted by atomic mass is 32.2. The van der Waals surface area contributed by atoms with Gasteiger partial charge in [-0.25, -0.2) is 0 Å². The number of thioether (sulfide) groups is 1. The van der Waals surface area contributed by atoms with Crippen molar-refractivity contribution in [3.05, 3.63) is 29.8 Å². The Morgan fingerprint density at radius 3 is 2.53 bits per heavy atom. The summed E-state index contributed by atoms with van der Waals surface area (Å²) in [6, 6.07) is 9.02. The van der Waals surface area contributed by atoms with Crippen LogP contribution in [0.15, 0.2) is 24.3 Å². The van der Waals surface area contributed by atoms with Crippen LogP contribution in [0.25, 0.3) is 0 Å². The van der Waals surface area contributed by atoms with Gasteiger partial charge in [-0.1, -0.05) is 38.3 Å². The summed E-state index contributed by atoms with van der Waals surface area (Å²) in [5.41, 5.74) is 2.73. The molecule has 0 radical (unpaired) electrons. The molecule has 0 saturated heterocycles. The third kappa shape index (κ3) is 5.48. The van der Waals surface area contributed by atoms with Gasteiger partial charge in [-0.3, -0.25) is 0 Å². The average Bonchev–Trinajstić information content (AvgIpc) is 2.48. The SMILES string of the molecule is CCCSCc1ccc(NCC2CCCCC2)cc1. The molecule has 2 rings (SSSR count). The minimum Gasteiger partial charge on any atom is -0.385 e. The van der Waals surface area contributed by atoms with E-state index in [-0.39, 0.29) is 0 Å². The normalized spacial score (nSPS) is 16.5. The average molecular weight is 277 g/mol. The molecule has 1 N–H and O–H groups in total. The van der Waals surface area contributed by atoms with Crippen molar-refractivity contribution in [2.75, 3.05) is 17.6 Å². The quantitative estimate of drug-likeness (QED) is 0.677. The summed E-state index contributed by atoms with van der Waals surface area (Å²) in [4.78, 5) is 0. The molecular weight excluding hydrogens is 250 g/mol. The molecule has 1 aliphatic rings. The van der Waals surface area contributed by atoms with E-state index in [1.807, 2.05) is 11.8 Å². The van der Waals surface area contributed by atoms with Crippen LogP contribution >= 0.6 is 11.8 Å². The van der Waals surface area contributed by atoms with Crippen molar-refractivity contribution in [2.45, 2.75) is 51.2 Å². The summed E-state index contributed by atoms with van der Waals surface area (Å²) in [6.07, 6.45) is 8.41. The van der Waals surface area contributed by atoms with Crippen molar-refractivity contribution in [1.82, 2.24) is 0 Å². The molecule has 0 unspecified atom stereocenters. The molecule has 1 aromatic carbocycles. The van der Waals surface area contributed by atoms with Gasteiger partial charge in [-0.15, -0.1) is 0 Å². The first kappa shape index (κ1) is 14.8. The Kier molecular flexibility index (Phi) is 6.63. The molecule has 1 saturated carbocycles. The summed E-state index contributed by atoms with van der Waals surface area (Å²) in [5, 5.41) is 3.60. The lowest BCUT2D eigenvalue weighted by atomic mass is 9.89. The molecule has 1 fully saturated rings. The Hall–Kier alpha value is -0.630. The lowest BCUT2D eigenvalue weighted by molar-refractivity contribution is 0.373. The Morgan fingerprint density at radius 1 is 1.11 bits per heavy atom. The van der Waals surface area contributed by atoms with Crippen molar-refractivity contribution >= 4 is 17.4 Å². The monoisotopic (exact) mass is 277 g/mol. The van der Waals surface area contributed by atoms with Crippen LogP contribution in [0.5, 0.6) is 0 Å². The summed E-state index contributed by atoms with van der Waals surface area (Å²) >= 11 is 2.03. The van der Waals surface area contributed by atoms with Gasteiger partial charge in [-0.2, -0.15) is 11.8 Å². The van der Waals surface area contributed by atoms with Crippen LogP contribution in [-0.2, 0) is 5.75 Å². The third-order valence-corrected chi connectivity index (χ3v) is 5.13. The maximum atomic E-state index is 3.60. The van der Waals surface area contributed by atoms with Gasteiger partial charge in [-0.05, 0) is 48.6 Å². The third-order valence-electron chi connectivity index (χ3n) is 3.89. The molecule has 1 nitrogen and oxygen atoms in total. The maximum absolute atomic E-state index is 3.60. The minimum absolute atomic E-state index is 0.897. The van der Waals surface area contributed by atoms with Gasteiger partial charge in [0.05, 0.1) is 0 Å². The van der Waals surface area contributed by atoms with Gasteiger partial charge in [0.2, 0.25) is 0 Å². The van der Waals surface area contributed by atoms with E-state index < -0.39 is 0 Å². The maximum Gasteiger partial charge on any atom is 0.0340 e. The van der Waals surface area contributed by atoms with Gasteiger partial charge in [0.25, 0.3) is 0 Å². The molecule has 0 spiro atoms. The number of nitrogens with one attached hydrogen (secondary N) is 1. The highest BCUT2D eigenvalue weighted by Crippen LogP contribution is 2.24. The van der Waals surface area contributed by atoms with Crippen LogP contribution in [0.2, 0.25) is 0 Å². The number of rotatable bonds is 7. The van der Waals surface area contributed by atoms with Crippen LogP contribution in [0, 0.1) is 5.92 Å². The fraction of sp³-hybridized carbons (Fsp3) is 0.647. The fourth-order valence-electron chi connectivity index (χ4n) is 2.71. The fourth-order valence-corrected chi connectivity index (χ4v) is 3.57. The Balaban J connectivity index is 1.71. The van der Waals surface area contributed by atoms with E-state index in [1.54, 1.807) is 0 Å². The predicted molar refractivity (Wildman–Crippen MR) is 88.0 cm³/mol. The Morgan fingerprint density at radius 2 is 1.84 bits per heavy atom. The van der Waals surface area contributed by atoms with Gasteiger partial charge in [0, 0.05) is 18.0 Å². The van der Waals surface area contributed by atoms with Crippen molar-refractivity contribution in [3.63, 3.8) is 0 Å². The molecule has 0 heterocycles. The summed E-state index contributed by atoms with van der Waals surface area (Å²) in [7, 11) is 0. The molecule has 19 heavy (non-hydrogen) atoms. The van der Waals surface area contributed by atoms with Gasteiger partial charge >= 0.3 is 0 Å². The van der Waals surface area contributed by atoms with E-state index in [9.17, 15) is 0 Å². The standard InChI is InChI=1S/C17H27NS/c1-2-12-19-14-16-8-10-17(11-9-16)18-13-15-6-4-3-5-7-15/h8-11,15,18H,2-7,12-14H2,1H3. The second-order valence-electron chi connectivity index (χ2n) is 5.63. The first-order chi connectivity index (χ1) is 9.38. The lowest BCUT2D eigenvalue weighted by Gasteiger charge is -2.22. The molecule has 0 atom stereocenters. The van der Waals surface area contributed by atoms with E-state index >= 15 is 0 Å². The smallest absolute Gasteiger partial charge is 0.0340 e. The van der Waals surface area contributed by atoms with Crippen molar-refractivity contribution in [2.24, 2.45) is 5.92 Å². The van der Waals surface area contributed by atoms with Gasteiger partial charge in [0.1, 0.15) is 0 Å². The second-order valence-corrected chi connectivity index (χ2v) is 6.74. The zero-order valence-corrected chi connectivity index (χ0v) is 13.0. The van der Waals surface area contributed by atoms with E-state index in [0.29, 0.717) is 0 Å². The largest absolute Gasteiger partial charge is 0.385 e. The van der Waals surface area contributed by atoms with E-state index in [2.05, 4.69) is 36.5 Å². The van der Waals surface area contributed by atoms with E-state index in [0.717, 1.165) is 18.2 Å². The van der Waals surface area contributed by atoms with Crippen molar-refractivity contribution in [1.29, 1.82) is 0 Å². The summed E-state index contributed by atoms with van der Waals surface area (Å²) in [5.74, 6) is 3.31. The van der Waals surface area contributed by atoms with Crippen molar-refractivity contribution < 1.29 is 0 Å². The lowest BCUT2D eigenvalue weighted by Crippen LogP contribution is -2.16. The van der Waals surface area contributed by atoms with Gasteiger partial charge < -0.3 is 5.32 Å². The molecule has 2 heteroatoms. The highest BCUT2D eigenvalue weighted by Gasteiger charge is 2.12. The molecule has 0 amide bonds.